The molecule has 0 amide bonds. The van der Waals surface area contributed by atoms with Gasteiger partial charge in [0.15, 0.2) is 43.8 Å². The first-order valence-electron chi connectivity index (χ1n) is 17.5. The number of para-hydroxylation sites is 2. The maximum atomic E-state index is 6.28. The number of hydrogen-bond donors (Lipinski definition) is 0. The minimum atomic E-state index is 0.0663. The summed E-state index contributed by atoms with van der Waals surface area (Å²) in [6.07, 6.45) is 10.5. The van der Waals surface area contributed by atoms with E-state index in [0.29, 0.717) is 61.1 Å². The predicted octanol–water partition coefficient (Wildman–Crippen LogP) is 12.5. The molecule has 21 heteroatoms. The molecule has 0 saturated carbocycles. The minimum absolute atomic E-state index is 0.0663. The average Bonchev–Trinajstić information content (AvgIpc) is 3.28. The second-order valence-corrected chi connectivity index (χ2v) is 14.5. The Balaban J connectivity index is 0.000000156. The monoisotopic (exact) mass is 968 g/mol. The fourth-order valence-corrected chi connectivity index (χ4v) is 6.55. The highest BCUT2D eigenvalue weighted by atomic mass is 35.5. The zero-order valence-electron chi connectivity index (χ0n) is 32.1. The van der Waals surface area contributed by atoms with Crippen molar-refractivity contribution in [2.75, 3.05) is 14.2 Å². The zero-order valence-corrected chi connectivity index (χ0v) is 37.4. The summed E-state index contributed by atoms with van der Waals surface area (Å²) in [6.45, 7) is 2.01. The Morgan fingerprint density at radius 1 is 0.484 bits per heavy atom. The Kier molecular flexibility index (Phi) is 16.2. The summed E-state index contributed by atoms with van der Waals surface area (Å²) in [5.74, 6) is 2.86. The van der Waals surface area contributed by atoms with Crippen LogP contribution >= 0.6 is 81.2 Å². The summed E-state index contributed by atoms with van der Waals surface area (Å²) in [5.41, 5.74) is 3.63. The summed E-state index contributed by atoms with van der Waals surface area (Å²) in [5, 5.41) is 1.32. The van der Waals surface area contributed by atoms with E-state index in [0.717, 1.165) is 11.1 Å². The van der Waals surface area contributed by atoms with Crippen molar-refractivity contribution in [1.29, 1.82) is 0 Å². The molecule has 0 aliphatic heterocycles. The van der Waals surface area contributed by atoms with E-state index in [1.165, 1.54) is 18.7 Å². The second-order valence-electron chi connectivity index (χ2n) is 11.9. The van der Waals surface area contributed by atoms with E-state index < -0.39 is 0 Å². The Morgan fingerprint density at radius 2 is 1.00 bits per heavy atom. The molecule has 0 bridgehead atoms. The van der Waals surface area contributed by atoms with Gasteiger partial charge in [-0.3, -0.25) is 9.97 Å². The lowest BCUT2D eigenvalue weighted by atomic mass is 10.1. The Bertz CT molecular complexity index is 2720. The molecule has 62 heavy (non-hydrogen) atoms. The lowest BCUT2D eigenvalue weighted by molar-refractivity contribution is 0.378. The van der Waals surface area contributed by atoms with Gasteiger partial charge >= 0.3 is 0 Å². The normalized spacial score (nSPS) is 10.4. The number of aryl methyl sites for hydroxylation is 1. The largest absolute Gasteiger partial charge is 0.497 e. The molecule has 8 rings (SSSR count). The molecular formula is C41H27Cl7N10O4. The number of halogens is 7. The van der Waals surface area contributed by atoms with Gasteiger partial charge in [0.05, 0.1) is 37.2 Å². The van der Waals surface area contributed by atoms with Crippen molar-refractivity contribution >= 4 is 81.2 Å². The van der Waals surface area contributed by atoms with Crippen LogP contribution in [0.3, 0.4) is 0 Å². The summed E-state index contributed by atoms with van der Waals surface area (Å²) < 4.78 is 21.5. The highest BCUT2D eigenvalue weighted by Crippen LogP contribution is 2.40. The fraction of sp³-hybridized carbons (Fsp3) is 0.0732. The summed E-state index contributed by atoms with van der Waals surface area (Å²) in [6, 6.07) is 19.9. The summed E-state index contributed by atoms with van der Waals surface area (Å²) >= 11 is 42.7. The van der Waals surface area contributed by atoms with Gasteiger partial charge in [-0.1, -0.05) is 123 Å². The van der Waals surface area contributed by atoms with Crippen LogP contribution in [0.15, 0.2) is 110 Å². The average molecular weight is 972 g/mol. The fourth-order valence-electron chi connectivity index (χ4n) is 4.94. The van der Waals surface area contributed by atoms with E-state index in [-0.39, 0.29) is 37.9 Å². The maximum absolute atomic E-state index is 6.28. The quantitative estimate of drug-likeness (QED) is 0.125. The molecule has 0 N–H and O–H groups in total. The van der Waals surface area contributed by atoms with Crippen LogP contribution in [0, 0.1) is 6.92 Å². The molecule has 314 valence electrons. The van der Waals surface area contributed by atoms with Crippen LogP contribution in [0.25, 0.3) is 34.2 Å². The van der Waals surface area contributed by atoms with Gasteiger partial charge in [0.2, 0.25) is 11.5 Å². The van der Waals surface area contributed by atoms with E-state index >= 15 is 0 Å². The van der Waals surface area contributed by atoms with E-state index in [4.69, 9.17) is 100 Å². The molecule has 0 spiro atoms. The van der Waals surface area contributed by atoms with Gasteiger partial charge in [0.25, 0.3) is 0 Å². The van der Waals surface area contributed by atoms with E-state index in [1.54, 1.807) is 75.4 Å². The van der Waals surface area contributed by atoms with E-state index in [9.17, 15) is 0 Å². The molecule has 0 radical (unpaired) electrons. The third-order valence-corrected chi connectivity index (χ3v) is 9.79. The summed E-state index contributed by atoms with van der Waals surface area (Å²) in [7, 11) is 3.08. The number of hydrogen-bond acceptors (Lipinski definition) is 14. The van der Waals surface area contributed by atoms with Gasteiger partial charge in [0, 0.05) is 30.9 Å². The third kappa shape index (κ3) is 11.8. The van der Waals surface area contributed by atoms with Gasteiger partial charge in [-0.25, -0.2) is 39.9 Å². The first kappa shape index (κ1) is 45.8. The molecule has 3 aromatic carbocycles. The molecule has 14 nitrogen and oxygen atoms in total. The molecular weight excluding hydrogens is 945 g/mol. The van der Waals surface area contributed by atoms with Crippen LogP contribution < -0.4 is 18.9 Å². The number of methoxy groups -OCH3 is 2. The number of aromatic nitrogens is 10. The van der Waals surface area contributed by atoms with Gasteiger partial charge in [-0.2, -0.15) is 0 Å². The molecule has 0 aliphatic rings. The first-order valence-corrected chi connectivity index (χ1v) is 20.1. The van der Waals surface area contributed by atoms with E-state index in [2.05, 4.69) is 49.8 Å². The zero-order chi connectivity index (χ0) is 44.2. The Morgan fingerprint density at radius 3 is 1.52 bits per heavy atom. The third-order valence-electron chi connectivity index (χ3n) is 7.88. The highest BCUT2D eigenvalue weighted by Gasteiger charge is 2.19. The van der Waals surface area contributed by atoms with Gasteiger partial charge in [0.1, 0.15) is 39.5 Å². The molecule has 0 fully saturated rings. The minimum Gasteiger partial charge on any atom is -0.497 e. The first-order chi connectivity index (χ1) is 29.9. The topological polar surface area (TPSA) is 166 Å². The number of nitrogens with zero attached hydrogens (tertiary/aromatic N) is 10. The van der Waals surface area contributed by atoms with Crippen molar-refractivity contribution in [1.82, 2.24) is 49.8 Å². The molecule has 0 atom stereocenters. The molecule has 5 aromatic heterocycles. The number of ether oxygens (including phenoxy) is 4. The Hall–Kier alpha value is -5.71. The van der Waals surface area contributed by atoms with Crippen LogP contribution in [0.2, 0.25) is 35.9 Å². The van der Waals surface area contributed by atoms with Crippen LogP contribution in [-0.2, 0) is 0 Å². The molecule has 8 aromatic rings. The SMILES string of the molecule is COc1ccc(Cl)c(Oc2c(Cl)ncnc2Cl)c1.COc1ccccc1Oc1c(Cl)nc(-c2cnccn2)nc1Cl.Cc1ccc(-c2c(Cl)nc(-c3cnccn3)nc2Cl)cc1. The van der Waals surface area contributed by atoms with E-state index in [1.807, 2.05) is 37.3 Å². The van der Waals surface area contributed by atoms with Gasteiger partial charge in [-0.05, 0) is 36.8 Å². The van der Waals surface area contributed by atoms with Gasteiger partial charge < -0.3 is 18.9 Å². The van der Waals surface area contributed by atoms with Gasteiger partial charge in [-0.15, -0.1) is 0 Å². The van der Waals surface area contributed by atoms with Crippen molar-refractivity contribution in [3.63, 3.8) is 0 Å². The molecule has 0 saturated heterocycles. The molecule has 0 unspecified atom stereocenters. The van der Waals surface area contributed by atoms with Crippen molar-refractivity contribution in [3.05, 3.63) is 152 Å². The summed E-state index contributed by atoms with van der Waals surface area (Å²) in [4.78, 5) is 40.6. The van der Waals surface area contributed by atoms with Crippen molar-refractivity contribution < 1.29 is 18.9 Å². The standard InChI is InChI=1S/C15H10Cl2N4O2.C15H10Cl2N4.C11H7Cl3N2O2/c1-22-10-4-2-3-5-11(10)23-12-13(16)20-15(21-14(12)17)9-8-18-6-7-19-9;1-9-2-4-10(5-3-9)12-13(16)20-15(21-14(12)17)11-8-18-6-7-19-11;1-17-6-2-3-7(12)8(4-6)18-9-10(13)15-5-16-11(9)14/h2-8H,1H3;2-8H,1H3;2-5H,1H3. The van der Waals surface area contributed by atoms with Crippen molar-refractivity contribution in [2.45, 2.75) is 6.92 Å². The van der Waals surface area contributed by atoms with Crippen LogP contribution in [-0.4, -0.2) is 64.1 Å². The van der Waals surface area contributed by atoms with Crippen LogP contribution in [0.5, 0.6) is 34.5 Å². The Labute approximate surface area is 389 Å². The number of benzene rings is 3. The maximum Gasteiger partial charge on any atom is 0.202 e. The van der Waals surface area contributed by atoms with Crippen LogP contribution in [0.1, 0.15) is 5.56 Å². The molecule has 5 heterocycles. The lowest BCUT2D eigenvalue weighted by Gasteiger charge is -2.12. The molecule has 0 aliphatic carbocycles. The number of rotatable bonds is 9. The predicted molar refractivity (Wildman–Crippen MR) is 240 cm³/mol. The van der Waals surface area contributed by atoms with Crippen molar-refractivity contribution in [2.24, 2.45) is 0 Å². The highest BCUT2D eigenvalue weighted by molar-refractivity contribution is 6.38. The van der Waals surface area contributed by atoms with Crippen molar-refractivity contribution in [3.8, 4) is 68.7 Å². The second kappa shape index (κ2) is 21.9. The smallest absolute Gasteiger partial charge is 0.202 e. The lowest BCUT2D eigenvalue weighted by Crippen LogP contribution is -1.98. The van der Waals surface area contributed by atoms with Crippen LogP contribution in [0.4, 0.5) is 0 Å².